The van der Waals surface area contributed by atoms with Crippen molar-refractivity contribution in [1.29, 1.82) is 0 Å². The third-order valence-electron chi connectivity index (χ3n) is 2.21. The van der Waals surface area contributed by atoms with Crippen LogP contribution in [0.4, 0.5) is 5.69 Å². The van der Waals surface area contributed by atoms with Gasteiger partial charge in [-0.3, -0.25) is 0 Å². The van der Waals surface area contributed by atoms with Crippen LogP contribution >= 0.6 is 12.2 Å². The van der Waals surface area contributed by atoms with Crippen molar-refractivity contribution < 1.29 is 4.74 Å². The fraction of sp³-hybridized carbons (Fsp3) is 0.300. The van der Waals surface area contributed by atoms with Gasteiger partial charge in [-0.25, -0.2) is 0 Å². The Labute approximate surface area is 88.5 Å². The van der Waals surface area contributed by atoms with Crippen LogP contribution in [-0.4, -0.2) is 18.3 Å². The molecule has 1 aliphatic heterocycles. The van der Waals surface area contributed by atoms with Crippen LogP contribution < -0.4 is 15.4 Å². The molecule has 0 spiro atoms. The van der Waals surface area contributed by atoms with Gasteiger partial charge < -0.3 is 15.4 Å². The number of para-hydroxylation sites is 2. The number of nitrogens with zero attached hydrogens (tertiary/aromatic N) is 1. The highest BCUT2D eigenvalue weighted by molar-refractivity contribution is 7.80. The van der Waals surface area contributed by atoms with Gasteiger partial charge in [-0.15, -0.1) is 0 Å². The van der Waals surface area contributed by atoms with E-state index in [1.54, 1.807) is 0 Å². The van der Waals surface area contributed by atoms with Crippen LogP contribution in [0, 0.1) is 0 Å². The Hall–Kier alpha value is -1.29. The van der Waals surface area contributed by atoms with Gasteiger partial charge in [-0.1, -0.05) is 12.1 Å². The van der Waals surface area contributed by atoms with Gasteiger partial charge in [-0.2, -0.15) is 0 Å². The molecular weight excluding hydrogens is 196 g/mol. The van der Waals surface area contributed by atoms with E-state index in [1.807, 2.05) is 29.2 Å². The molecule has 74 valence electrons. The first-order valence-corrected chi connectivity index (χ1v) is 4.98. The summed E-state index contributed by atoms with van der Waals surface area (Å²) in [6, 6.07) is 7.81. The molecule has 1 aromatic carbocycles. The zero-order valence-corrected chi connectivity index (χ0v) is 8.59. The molecule has 0 radical (unpaired) electrons. The molecule has 4 heteroatoms. The normalized spacial score (nSPS) is 15.3. The number of hydrogen-bond donors (Lipinski definition) is 1. The van der Waals surface area contributed by atoms with Crippen molar-refractivity contribution in [2.45, 2.75) is 6.42 Å². The van der Waals surface area contributed by atoms with Crippen molar-refractivity contribution in [2.24, 2.45) is 5.73 Å². The monoisotopic (exact) mass is 208 g/mol. The van der Waals surface area contributed by atoms with E-state index in [-0.39, 0.29) is 0 Å². The van der Waals surface area contributed by atoms with E-state index in [0.29, 0.717) is 5.11 Å². The maximum absolute atomic E-state index is 5.65. The number of thiocarbonyl (C=S) groups is 1. The number of benzene rings is 1. The smallest absolute Gasteiger partial charge is 0.170 e. The Morgan fingerprint density at radius 2 is 2.21 bits per heavy atom. The molecule has 1 aliphatic rings. The van der Waals surface area contributed by atoms with Gasteiger partial charge in [0.2, 0.25) is 0 Å². The summed E-state index contributed by atoms with van der Waals surface area (Å²) in [6.45, 7) is 1.54. The Balaban J connectivity index is 2.42. The average Bonchev–Trinajstić information content (AvgIpc) is 2.39. The van der Waals surface area contributed by atoms with Crippen LogP contribution in [0.1, 0.15) is 6.42 Å². The molecule has 14 heavy (non-hydrogen) atoms. The standard InChI is InChI=1S/C10H12N2OS/c11-10(14)12-6-3-7-13-9-5-2-1-4-8(9)12/h1-2,4-5H,3,6-7H2,(H2,11,14). The van der Waals surface area contributed by atoms with Crippen molar-refractivity contribution in [2.75, 3.05) is 18.1 Å². The minimum absolute atomic E-state index is 0.406. The van der Waals surface area contributed by atoms with Gasteiger partial charge in [0, 0.05) is 6.54 Å². The SMILES string of the molecule is NC(=S)N1CCCOc2ccccc21. The quantitative estimate of drug-likeness (QED) is 0.656. The topological polar surface area (TPSA) is 38.5 Å². The van der Waals surface area contributed by atoms with Crippen molar-refractivity contribution in [3.05, 3.63) is 24.3 Å². The molecule has 0 atom stereocenters. The lowest BCUT2D eigenvalue weighted by molar-refractivity contribution is 0.322. The molecule has 1 heterocycles. The van der Waals surface area contributed by atoms with Gasteiger partial charge in [-0.05, 0) is 30.8 Å². The van der Waals surface area contributed by atoms with E-state index in [4.69, 9.17) is 22.7 Å². The first-order chi connectivity index (χ1) is 6.79. The third kappa shape index (κ3) is 1.65. The van der Waals surface area contributed by atoms with E-state index in [9.17, 15) is 0 Å². The molecule has 0 bridgehead atoms. The molecule has 3 nitrogen and oxygen atoms in total. The zero-order valence-electron chi connectivity index (χ0n) is 7.77. The van der Waals surface area contributed by atoms with Crippen molar-refractivity contribution in [1.82, 2.24) is 0 Å². The Bertz CT molecular complexity index is 354. The van der Waals surface area contributed by atoms with E-state index in [2.05, 4.69) is 0 Å². The molecule has 0 saturated carbocycles. The number of fused-ring (bicyclic) bond motifs is 1. The summed E-state index contributed by atoms with van der Waals surface area (Å²) >= 11 is 5.00. The lowest BCUT2D eigenvalue weighted by atomic mass is 10.2. The number of nitrogens with two attached hydrogens (primary N) is 1. The molecule has 2 rings (SSSR count). The van der Waals surface area contributed by atoms with Crippen molar-refractivity contribution in [3.8, 4) is 5.75 Å². The minimum atomic E-state index is 0.406. The highest BCUT2D eigenvalue weighted by atomic mass is 32.1. The largest absolute Gasteiger partial charge is 0.491 e. The van der Waals surface area contributed by atoms with Crippen LogP contribution in [0.25, 0.3) is 0 Å². The van der Waals surface area contributed by atoms with Crippen LogP contribution in [0.2, 0.25) is 0 Å². The van der Waals surface area contributed by atoms with Crippen LogP contribution in [0.5, 0.6) is 5.75 Å². The molecule has 0 fully saturated rings. The summed E-state index contributed by atoms with van der Waals surface area (Å²) in [5.41, 5.74) is 6.62. The predicted octanol–water partition coefficient (Wildman–Crippen LogP) is 1.52. The lowest BCUT2D eigenvalue weighted by Crippen LogP contribution is -2.35. The van der Waals surface area contributed by atoms with Crippen molar-refractivity contribution in [3.63, 3.8) is 0 Å². The summed E-state index contributed by atoms with van der Waals surface area (Å²) in [4.78, 5) is 1.91. The number of anilines is 1. The van der Waals surface area contributed by atoms with E-state index in [0.717, 1.165) is 31.0 Å². The molecular formula is C10H12N2OS. The van der Waals surface area contributed by atoms with Crippen LogP contribution in [-0.2, 0) is 0 Å². The maximum Gasteiger partial charge on any atom is 0.170 e. The van der Waals surface area contributed by atoms with E-state index in [1.165, 1.54) is 0 Å². The second kappa shape index (κ2) is 3.84. The first-order valence-electron chi connectivity index (χ1n) is 4.58. The molecule has 0 amide bonds. The minimum Gasteiger partial charge on any atom is -0.491 e. The molecule has 2 N–H and O–H groups in total. The van der Waals surface area contributed by atoms with Gasteiger partial charge in [0.1, 0.15) is 5.75 Å². The van der Waals surface area contributed by atoms with Gasteiger partial charge in [0.25, 0.3) is 0 Å². The van der Waals surface area contributed by atoms with Crippen molar-refractivity contribution >= 4 is 23.0 Å². The molecule has 0 aromatic heterocycles. The van der Waals surface area contributed by atoms with Crippen LogP contribution in [0.15, 0.2) is 24.3 Å². The lowest BCUT2D eigenvalue weighted by Gasteiger charge is -2.21. The summed E-state index contributed by atoms with van der Waals surface area (Å²) in [5, 5.41) is 0.406. The maximum atomic E-state index is 5.65. The molecule has 1 aromatic rings. The first kappa shape index (κ1) is 9.27. The summed E-state index contributed by atoms with van der Waals surface area (Å²) < 4.78 is 5.57. The third-order valence-corrected chi connectivity index (χ3v) is 2.43. The molecule has 0 unspecified atom stereocenters. The molecule has 0 aliphatic carbocycles. The van der Waals surface area contributed by atoms with E-state index >= 15 is 0 Å². The predicted molar refractivity (Wildman–Crippen MR) is 60.7 cm³/mol. The zero-order chi connectivity index (χ0) is 9.97. The average molecular weight is 208 g/mol. The Morgan fingerprint density at radius 1 is 1.43 bits per heavy atom. The second-order valence-corrected chi connectivity index (χ2v) is 3.58. The van der Waals surface area contributed by atoms with Crippen LogP contribution in [0.3, 0.4) is 0 Å². The highest BCUT2D eigenvalue weighted by Crippen LogP contribution is 2.29. The second-order valence-electron chi connectivity index (χ2n) is 3.16. The van der Waals surface area contributed by atoms with Gasteiger partial charge >= 0.3 is 0 Å². The van der Waals surface area contributed by atoms with Gasteiger partial charge in [0.05, 0.1) is 12.3 Å². The number of hydrogen-bond acceptors (Lipinski definition) is 2. The number of ether oxygens (including phenoxy) is 1. The Kier molecular flexibility index (Phi) is 2.54. The Morgan fingerprint density at radius 3 is 3.00 bits per heavy atom. The summed E-state index contributed by atoms with van der Waals surface area (Å²) in [6.07, 6.45) is 0.937. The number of rotatable bonds is 0. The fourth-order valence-electron chi connectivity index (χ4n) is 1.56. The summed E-state index contributed by atoms with van der Waals surface area (Å²) in [5.74, 6) is 0.859. The summed E-state index contributed by atoms with van der Waals surface area (Å²) in [7, 11) is 0. The van der Waals surface area contributed by atoms with E-state index < -0.39 is 0 Å². The molecule has 0 saturated heterocycles. The highest BCUT2D eigenvalue weighted by Gasteiger charge is 2.16. The van der Waals surface area contributed by atoms with Gasteiger partial charge in [0.15, 0.2) is 5.11 Å². The fourth-order valence-corrected chi connectivity index (χ4v) is 1.75.